The molecule has 0 aliphatic rings. The van der Waals surface area contributed by atoms with Gasteiger partial charge in [-0.05, 0) is 19.1 Å². The van der Waals surface area contributed by atoms with Gasteiger partial charge >= 0.3 is 0 Å². The van der Waals surface area contributed by atoms with Crippen molar-refractivity contribution in [1.29, 1.82) is 0 Å². The molecule has 0 aliphatic heterocycles. The lowest BCUT2D eigenvalue weighted by atomic mass is 10.2. The van der Waals surface area contributed by atoms with Crippen LogP contribution in [0.5, 0.6) is 0 Å². The Morgan fingerprint density at radius 1 is 1.57 bits per heavy atom. The summed E-state index contributed by atoms with van der Waals surface area (Å²) in [4.78, 5) is 12.2. The molecular formula is C11H11ClOS. The first-order chi connectivity index (χ1) is 6.74. The maximum absolute atomic E-state index is 11.1. The number of halogens is 1. The lowest BCUT2D eigenvalue weighted by Gasteiger charge is -2.00. The summed E-state index contributed by atoms with van der Waals surface area (Å²) in [7, 11) is 0. The number of hydrogen-bond donors (Lipinski definition) is 0. The maximum atomic E-state index is 11.1. The lowest BCUT2D eigenvalue weighted by Crippen LogP contribution is -1.90. The molecule has 0 fully saturated rings. The zero-order valence-electron chi connectivity index (χ0n) is 7.87. The molecule has 0 aliphatic carbocycles. The number of benzene rings is 1. The molecule has 0 unspecified atom stereocenters. The van der Waals surface area contributed by atoms with E-state index >= 15 is 0 Å². The number of rotatable bonds is 4. The molecule has 1 nitrogen and oxygen atoms in total. The van der Waals surface area contributed by atoms with Crippen LogP contribution in [0.2, 0.25) is 0 Å². The fourth-order valence-electron chi connectivity index (χ4n) is 0.986. The summed E-state index contributed by atoms with van der Waals surface area (Å²) in [5, 5.41) is 0. The SMILES string of the molecule is CC(=O)c1cccc(SCC=CCl)c1. The van der Waals surface area contributed by atoms with Crippen molar-refractivity contribution in [1.82, 2.24) is 0 Å². The third-order valence-electron chi connectivity index (χ3n) is 1.68. The first kappa shape index (κ1) is 11.3. The Hall–Kier alpha value is -0.730. The van der Waals surface area contributed by atoms with Crippen LogP contribution < -0.4 is 0 Å². The average Bonchev–Trinajstić information content (AvgIpc) is 2.19. The van der Waals surface area contributed by atoms with Gasteiger partial charge in [-0.3, -0.25) is 4.79 Å². The van der Waals surface area contributed by atoms with Crippen molar-refractivity contribution < 1.29 is 4.79 Å². The van der Waals surface area contributed by atoms with Crippen molar-refractivity contribution >= 4 is 29.1 Å². The number of ketones is 1. The van der Waals surface area contributed by atoms with E-state index in [0.29, 0.717) is 0 Å². The molecule has 1 aromatic carbocycles. The molecule has 3 heteroatoms. The molecule has 0 atom stereocenters. The van der Waals surface area contributed by atoms with Crippen molar-refractivity contribution in [2.24, 2.45) is 0 Å². The summed E-state index contributed by atoms with van der Waals surface area (Å²) in [5.41, 5.74) is 2.26. The molecule has 0 saturated heterocycles. The predicted molar refractivity (Wildman–Crippen MR) is 62.2 cm³/mol. The van der Waals surface area contributed by atoms with Crippen LogP contribution in [-0.4, -0.2) is 11.5 Å². The van der Waals surface area contributed by atoms with E-state index in [-0.39, 0.29) is 5.78 Å². The van der Waals surface area contributed by atoms with Crippen LogP contribution in [0.25, 0.3) is 0 Å². The summed E-state index contributed by atoms with van der Waals surface area (Å²) in [6.07, 6.45) is 1.87. The third-order valence-corrected chi connectivity index (χ3v) is 2.80. The van der Waals surface area contributed by atoms with Crippen LogP contribution in [0.4, 0.5) is 0 Å². The quantitative estimate of drug-likeness (QED) is 0.575. The second-order valence-electron chi connectivity index (χ2n) is 2.76. The van der Waals surface area contributed by atoms with Gasteiger partial charge in [0.2, 0.25) is 0 Å². The second kappa shape index (κ2) is 5.89. The van der Waals surface area contributed by atoms with Gasteiger partial charge in [-0.15, -0.1) is 11.8 Å². The zero-order valence-corrected chi connectivity index (χ0v) is 9.44. The van der Waals surface area contributed by atoms with Crippen molar-refractivity contribution in [2.75, 3.05) is 5.75 Å². The minimum Gasteiger partial charge on any atom is -0.295 e. The van der Waals surface area contributed by atoms with Crippen LogP contribution >= 0.6 is 23.4 Å². The summed E-state index contributed by atoms with van der Waals surface area (Å²) in [6.45, 7) is 1.57. The highest BCUT2D eigenvalue weighted by molar-refractivity contribution is 7.99. The molecule has 0 amide bonds. The molecular weight excluding hydrogens is 216 g/mol. The number of carbonyl (C=O) groups excluding carboxylic acids is 1. The molecule has 0 radical (unpaired) electrons. The average molecular weight is 227 g/mol. The fraction of sp³-hybridized carbons (Fsp3) is 0.182. The molecule has 1 rings (SSSR count). The van der Waals surface area contributed by atoms with E-state index in [1.807, 2.05) is 30.3 Å². The highest BCUT2D eigenvalue weighted by atomic mass is 35.5. The molecule has 1 aromatic rings. The smallest absolute Gasteiger partial charge is 0.159 e. The van der Waals surface area contributed by atoms with Gasteiger partial charge in [-0.25, -0.2) is 0 Å². The van der Waals surface area contributed by atoms with Gasteiger partial charge in [-0.1, -0.05) is 29.8 Å². The van der Waals surface area contributed by atoms with Gasteiger partial charge in [0.15, 0.2) is 5.78 Å². The van der Waals surface area contributed by atoms with E-state index in [2.05, 4.69) is 0 Å². The van der Waals surface area contributed by atoms with Crippen molar-refractivity contribution in [3.05, 3.63) is 41.4 Å². The van der Waals surface area contributed by atoms with E-state index < -0.39 is 0 Å². The highest BCUT2D eigenvalue weighted by Gasteiger charge is 1.99. The van der Waals surface area contributed by atoms with Crippen molar-refractivity contribution in [3.63, 3.8) is 0 Å². The van der Waals surface area contributed by atoms with Crippen molar-refractivity contribution in [2.45, 2.75) is 11.8 Å². The van der Waals surface area contributed by atoms with Crippen LogP contribution in [0.3, 0.4) is 0 Å². The highest BCUT2D eigenvalue weighted by Crippen LogP contribution is 2.19. The van der Waals surface area contributed by atoms with Gasteiger partial charge < -0.3 is 0 Å². The number of hydrogen-bond acceptors (Lipinski definition) is 2. The summed E-state index contributed by atoms with van der Waals surface area (Å²) in [5.74, 6) is 0.922. The molecule has 74 valence electrons. The van der Waals surface area contributed by atoms with E-state index in [4.69, 9.17) is 11.6 Å². The van der Waals surface area contributed by atoms with Crippen molar-refractivity contribution in [3.8, 4) is 0 Å². The third kappa shape index (κ3) is 3.56. The normalized spacial score (nSPS) is 10.7. The van der Waals surface area contributed by atoms with E-state index in [1.165, 1.54) is 5.54 Å². The Labute approximate surface area is 93.2 Å². The predicted octanol–water partition coefficient (Wildman–Crippen LogP) is 3.73. The Morgan fingerprint density at radius 2 is 2.36 bits per heavy atom. The van der Waals surface area contributed by atoms with Gasteiger partial charge in [-0.2, -0.15) is 0 Å². The fourth-order valence-corrected chi connectivity index (χ4v) is 1.95. The van der Waals surface area contributed by atoms with E-state index in [1.54, 1.807) is 18.7 Å². The molecule has 14 heavy (non-hydrogen) atoms. The van der Waals surface area contributed by atoms with Gasteiger partial charge in [0.1, 0.15) is 0 Å². The number of thioether (sulfide) groups is 1. The minimum atomic E-state index is 0.0975. The Morgan fingerprint density at radius 3 is 3.00 bits per heavy atom. The number of Topliss-reactive ketones (excluding diaryl/α,β-unsaturated/α-hetero) is 1. The second-order valence-corrected chi connectivity index (χ2v) is 4.10. The monoisotopic (exact) mass is 226 g/mol. The van der Waals surface area contributed by atoms with Crippen LogP contribution in [0, 0.1) is 0 Å². The van der Waals surface area contributed by atoms with Gasteiger partial charge in [0, 0.05) is 21.7 Å². The number of carbonyl (C=O) groups is 1. The van der Waals surface area contributed by atoms with Gasteiger partial charge in [0.05, 0.1) is 0 Å². The van der Waals surface area contributed by atoms with Gasteiger partial charge in [0.25, 0.3) is 0 Å². The first-order valence-electron chi connectivity index (χ1n) is 4.23. The maximum Gasteiger partial charge on any atom is 0.159 e. The molecule has 0 saturated carbocycles. The molecule has 0 bridgehead atoms. The standard InChI is InChI=1S/C11H11ClOS/c1-9(13)10-4-2-5-11(8-10)14-7-3-6-12/h2-6,8H,7H2,1H3. The molecule has 0 spiro atoms. The zero-order chi connectivity index (χ0) is 10.4. The summed E-state index contributed by atoms with van der Waals surface area (Å²) < 4.78 is 0. The molecule has 0 N–H and O–H groups in total. The Balaban J connectivity index is 2.68. The summed E-state index contributed by atoms with van der Waals surface area (Å²) in [6, 6.07) is 7.60. The van der Waals surface area contributed by atoms with Crippen LogP contribution in [-0.2, 0) is 0 Å². The molecule has 0 heterocycles. The topological polar surface area (TPSA) is 17.1 Å². The Kier molecular flexibility index (Phi) is 4.77. The van der Waals surface area contributed by atoms with Crippen LogP contribution in [0.1, 0.15) is 17.3 Å². The van der Waals surface area contributed by atoms with E-state index in [9.17, 15) is 4.79 Å². The van der Waals surface area contributed by atoms with E-state index in [0.717, 1.165) is 16.2 Å². The summed E-state index contributed by atoms with van der Waals surface area (Å²) >= 11 is 7.05. The largest absolute Gasteiger partial charge is 0.295 e. The first-order valence-corrected chi connectivity index (χ1v) is 5.65. The lowest BCUT2D eigenvalue weighted by molar-refractivity contribution is 0.101. The minimum absolute atomic E-state index is 0.0975. The Bertz CT molecular complexity index is 347. The van der Waals surface area contributed by atoms with Crippen LogP contribution in [0.15, 0.2) is 40.8 Å². The molecule has 0 aromatic heterocycles.